The van der Waals surface area contributed by atoms with Gasteiger partial charge in [0.1, 0.15) is 6.10 Å². The van der Waals surface area contributed by atoms with E-state index in [0.29, 0.717) is 0 Å². The van der Waals surface area contributed by atoms with Crippen molar-refractivity contribution in [3.05, 3.63) is 24.3 Å². The molecule has 23 heavy (non-hydrogen) atoms. The highest BCUT2D eigenvalue weighted by molar-refractivity contribution is 6.47. The molecule has 5 heteroatoms. The predicted octanol–water partition coefficient (Wildman–Crippen LogP) is 5.51. The molecule has 0 bridgehead atoms. The Balaban J connectivity index is 0. The Bertz CT molecular complexity index is 331. The monoisotopic (exact) mass is 328 g/mol. The van der Waals surface area contributed by atoms with Crippen LogP contribution in [0.1, 0.15) is 69.2 Å². The van der Waals surface area contributed by atoms with E-state index in [4.69, 9.17) is 14.6 Å². The maximum atomic E-state index is 8.89. The molecule has 1 aliphatic heterocycles. The number of hydrogen-bond acceptors (Lipinski definition) is 4. The first-order valence-electron chi connectivity index (χ1n) is 8.52. The summed E-state index contributed by atoms with van der Waals surface area (Å²) in [5.74, 6) is -0.0859. The van der Waals surface area contributed by atoms with Gasteiger partial charge >= 0.3 is 7.12 Å². The highest BCUT2D eigenvalue weighted by atomic mass is 17.1. The fourth-order valence-electron chi connectivity index (χ4n) is 1.75. The van der Waals surface area contributed by atoms with Gasteiger partial charge in [-0.1, -0.05) is 45.1 Å². The quantitative estimate of drug-likeness (QED) is 0.320. The van der Waals surface area contributed by atoms with Crippen LogP contribution in [0.15, 0.2) is 24.3 Å². The molecule has 1 fully saturated rings. The van der Waals surface area contributed by atoms with Gasteiger partial charge in [0.05, 0.1) is 11.2 Å². The standard InChI is InChI=1S/C12H23BO4.C4H8.C2H6/c1-7-8-10(15-14)9(2)13-16-11(3,4)12(5,6)17-13;1-3-4-2;1-2/h7-10,14H,1-6H3;3-4H,1-2H3;1-2H3/b8-7+;4-3-;. The van der Waals surface area contributed by atoms with Gasteiger partial charge in [-0.2, -0.15) is 0 Å². The third-order valence-corrected chi connectivity index (χ3v) is 4.06. The van der Waals surface area contributed by atoms with Gasteiger partial charge in [0.2, 0.25) is 0 Å². The summed E-state index contributed by atoms with van der Waals surface area (Å²) in [6, 6.07) is 0. The van der Waals surface area contributed by atoms with E-state index < -0.39 is 6.10 Å². The first-order valence-corrected chi connectivity index (χ1v) is 8.52. The Morgan fingerprint density at radius 3 is 1.57 bits per heavy atom. The molecule has 0 aromatic rings. The molecule has 0 saturated carbocycles. The van der Waals surface area contributed by atoms with E-state index >= 15 is 0 Å². The minimum atomic E-state index is -0.422. The lowest BCUT2D eigenvalue weighted by molar-refractivity contribution is -0.266. The molecule has 1 saturated heterocycles. The van der Waals surface area contributed by atoms with E-state index in [-0.39, 0.29) is 24.1 Å². The van der Waals surface area contributed by atoms with Crippen LogP contribution in [0.4, 0.5) is 0 Å². The average molecular weight is 328 g/mol. The SMILES string of the molecule is C/C=C/C(OO)C(C)B1OC(C)(C)C(C)(C)O1.C/C=C\C.CC. The van der Waals surface area contributed by atoms with Gasteiger partial charge in [0.15, 0.2) is 0 Å². The normalized spacial score (nSPS) is 21.4. The largest absolute Gasteiger partial charge is 0.464 e. The second-order valence-corrected chi connectivity index (χ2v) is 6.25. The summed E-state index contributed by atoms with van der Waals surface area (Å²) in [4.78, 5) is 4.45. The van der Waals surface area contributed by atoms with E-state index in [1.807, 2.05) is 87.5 Å². The highest BCUT2D eigenvalue weighted by Gasteiger charge is 2.54. The van der Waals surface area contributed by atoms with Crippen molar-refractivity contribution in [1.82, 2.24) is 0 Å². The van der Waals surface area contributed by atoms with Crippen molar-refractivity contribution >= 4 is 7.12 Å². The Morgan fingerprint density at radius 2 is 1.30 bits per heavy atom. The Labute approximate surface area is 144 Å². The fraction of sp³-hybridized carbons (Fsp3) is 0.778. The van der Waals surface area contributed by atoms with Gasteiger partial charge in [0, 0.05) is 5.82 Å². The minimum absolute atomic E-state index is 0.0859. The van der Waals surface area contributed by atoms with Crippen molar-refractivity contribution in [2.75, 3.05) is 0 Å². The number of rotatable bonds is 4. The zero-order chi connectivity index (χ0) is 18.7. The smallest absolute Gasteiger partial charge is 0.403 e. The van der Waals surface area contributed by atoms with Crippen LogP contribution in [-0.2, 0) is 14.2 Å². The van der Waals surface area contributed by atoms with Crippen LogP contribution in [-0.4, -0.2) is 29.7 Å². The zero-order valence-corrected chi connectivity index (χ0v) is 16.7. The average Bonchev–Trinajstić information content (AvgIpc) is 2.74. The molecule has 0 aromatic carbocycles. The first-order chi connectivity index (χ1) is 10.7. The van der Waals surface area contributed by atoms with Gasteiger partial charge in [-0.3, -0.25) is 5.26 Å². The van der Waals surface area contributed by atoms with Crippen LogP contribution in [0.2, 0.25) is 5.82 Å². The second kappa shape index (κ2) is 11.8. The third kappa shape index (κ3) is 7.66. The molecule has 0 aliphatic carbocycles. The Kier molecular flexibility index (Phi) is 12.7. The maximum Gasteiger partial charge on any atom is 0.464 e. The summed E-state index contributed by atoms with van der Waals surface area (Å²) < 4.78 is 11.8. The lowest BCUT2D eigenvalue weighted by Crippen LogP contribution is -2.41. The summed E-state index contributed by atoms with van der Waals surface area (Å²) in [6.45, 7) is 19.8. The molecule has 1 aliphatic rings. The van der Waals surface area contributed by atoms with E-state index in [9.17, 15) is 0 Å². The van der Waals surface area contributed by atoms with Crippen LogP contribution in [0.25, 0.3) is 0 Å². The van der Waals surface area contributed by atoms with E-state index in [1.165, 1.54) is 0 Å². The van der Waals surface area contributed by atoms with E-state index in [1.54, 1.807) is 6.08 Å². The van der Waals surface area contributed by atoms with Gasteiger partial charge in [0.25, 0.3) is 0 Å². The van der Waals surface area contributed by atoms with Crippen molar-refractivity contribution in [2.45, 2.75) is 92.4 Å². The molecule has 1 N–H and O–H groups in total. The predicted molar refractivity (Wildman–Crippen MR) is 99.7 cm³/mol. The van der Waals surface area contributed by atoms with Crippen LogP contribution in [0.5, 0.6) is 0 Å². The molecular formula is C18H37BO4. The van der Waals surface area contributed by atoms with Gasteiger partial charge in [-0.05, 0) is 48.5 Å². The molecule has 2 unspecified atom stereocenters. The fourth-order valence-corrected chi connectivity index (χ4v) is 1.75. The maximum absolute atomic E-state index is 8.89. The minimum Gasteiger partial charge on any atom is -0.403 e. The molecule has 0 amide bonds. The number of hydrogen-bond donors (Lipinski definition) is 1. The van der Waals surface area contributed by atoms with Crippen LogP contribution in [0, 0.1) is 0 Å². The second-order valence-electron chi connectivity index (χ2n) is 6.25. The van der Waals surface area contributed by atoms with Crippen LogP contribution < -0.4 is 0 Å². The molecule has 2 atom stereocenters. The lowest BCUT2D eigenvalue weighted by atomic mass is 9.70. The lowest BCUT2D eigenvalue weighted by Gasteiger charge is -2.32. The highest BCUT2D eigenvalue weighted by Crippen LogP contribution is 2.41. The van der Waals surface area contributed by atoms with Crippen LogP contribution >= 0.6 is 0 Å². The molecular weight excluding hydrogens is 291 g/mol. The molecule has 0 radical (unpaired) electrons. The van der Waals surface area contributed by atoms with Crippen LogP contribution in [0.3, 0.4) is 0 Å². The topological polar surface area (TPSA) is 47.9 Å². The summed E-state index contributed by atoms with van der Waals surface area (Å²) in [6.07, 6.45) is 7.20. The molecule has 1 rings (SSSR count). The molecule has 0 aromatic heterocycles. The van der Waals surface area contributed by atoms with Crippen molar-refractivity contribution in [3.8, 4) is 0 Å². The van der Waals surface area contributed by atoms with E-state index in [2.05, 4.69) is 4.89 Å². The summed E-state index contributed by atoms with van der Waals surface area (Å²) >= 11 is 0. The molecule has 4 nitrogen and oxygen atoms in total. The van der Waals surface area contributed by atoms with Crippen molar-refractivity contribution in [1.29, 1.82) is 0 Å². The molecule has 1 heterocycles. The number of allylic oxidation sites excluding steroid dienone is 3. The Morgan fingerprint density at radius 1 is 0.913 bits per heavy atom. The van der Waals surface area contributed by atoms with E-state index in [0.717, 1.165) is 0 Å². The summed E-state index contributed by atoms with van der Waals surface area (Å²) in [5.41, 5.74) is -0.719. The third-order valence-electron chi connectivity index (χ3n) is 4.06. The molecule has 136 valence electrons. The Hall–Kier alpha value is -0.615. The summed E-state index contributed by atoms with van der Waals surface area (Å²) in [7, 11) is -0.381. The first kappa shape index (κ1) is 24.6. The summed E-state index contributed by atoms with van der Waals surface area (Å²) in [5, 5.41) is 8.89. The van der Waals surface area contributed by atoms with Gasteiger partial charge in [-0.15, -0.1) is 0 Å². The zero-order valence-electron chi connectivity index (χ0n) is 16.7. The van der Waals surface area contributed by atoms with Crippen molar-refractivity contribution in [2.24, 2.45) is 0 Å². The van der Waals surface area contributed by atoms with Gasteiger partial charge < -0.3 is 9.31 Å². The molecule has 0 spiro atoms. The van der Waals surface area contributed by atoms with Crippen molar-refractivity contribution in [3.63, 3.8) is 0 Å². The van der Waals surface area contributed by atoms with Gasteiger partial charge in [-0.25, -0.2) is 4.89 Å². The van der Waals surface area contributed by atoms with Crippen molar-refractivity contribution < 1.29 is 19.5 Å².